The van der Waals surface area contributed by atoms with Crippen molar-refractivity contribution in [3.8, 4) is 0 Å². The topological polar surface area (TPSA) is 58.6 Å². The van der Waals surface area contributed by atoms with E-state index in [1.165, 1.54) is 0 Å². The first-order valence-corrected chi connectivity index (χ1v) is 9.35. The van der Waals surface area contributed by atoms with E-state index in [1.807, 2.05) is 43.9 Å². The SMILES string of the molecule is CC(C)(C)OC(=O)N[C@H]1CCCCN(Cc2cccc(I)c2)C1=O. The number of carbonyl (C=O) groups is 2. The van der Waals surface area contributed by atoms with Gasteiger partial charge in [-0.25, -0.2) is 4.79 Å². The number of benzene rings is 1. The summed E-state index contributed by atoms with van der Waals surface area (Å²) >= 11 is 2.27. The monoisotopic (exact) mass is 444 g/mol. The number of amides is 2. The molecule has 1 aliphatic heterocycles. The first-order chi connectivity index (χ1) is 11.2. The van der Waals surface area contributed by atoms with Crippen molar-refractivity contribution in [2.75, 3.05) is 6.54 Å². The van der Waals surface area contributed by atoms with Crippen LogP contribution in [0.5, 0.6) is 0 Å². The summed E-state index contributed by atoms with van der Waals surface area (Å²) in [5.41, 5.74) is 0.534. The lowest BCUT2D eigenvalue weighted by atomic mass is 10.1. The molecule has 0 aromatic heterocycles. The lowest BCUT2D eigenvalue weighted by molar-refractivity contribution is -0.133. The zero-order valence-electron chi connectivity index (χ0n) is 14.5. The number of alkyl carbamates (subject to hydrolysis) is 1. The van der Waals surface area contributed by atoms with E-state index in [2.05, 4.69) is 34.0 Å². The van der Waals surface area contributed by atoms with Gasteiger partial charge in [-0.05, 0) is 80.3 Å². The van der Waals surface area contributed by atoms with Gasteiger partial charge in [-0.3, -0.25) is 4.79 Å². The maximum Gasteiger partial charge on any atom is 0.408 e. The maximum atomic E-state index is 12.8. The molecule has 6 heteroatoms. The van der Waals surface area contributed by atoms with Gasteiger partial charge < -0.3 is 15.0 Å². The molecule has 24 heavy (non-hydrogen) atoms. The van der Waals surface area contributed by atoms with Crippen molar-refractivity contribution >= 4 is 34.6 Å². The fourth-order valence-corrected chi connectivity index (χ4v) is 3.31. The number of carbonyl (C=O) groups excluding carboxylic acids is 2. The smallest absolute Gasteiger partial charge is 0.408 e. The molecule has 132 valence electrons. The fraction of sp³-hybridized carbons (Fsp3) is 0.556. The molecule has 0 unspecified atom stereocenters. The number of nitrogens with one attached hydrogen (secondary N) is 1. The van der Waals surface area contributed by atoms with E-state index in [9.17, 15) is 9.59 Å². The second-order valence-electron chi connectivity index (χ2n) is 7.08. The maximum absolute atomic E-state index is 12.8. The minimum absolute atomic E-state index is 0.0304. The number of likely N-dealkylation sites (tertiary alicyclic amines) is 1. The Morgan fingerprint density at radius 1 is 1.38 bits per heavy atom. The van der Waals surface area contributed by atoms with Crippen LogP contribution in [-0.2, 0) is 16.1 Å². The van der Waals surface area contributed by atoms with Crippen molar-refractivity contribution in [3.05, 3.63) is 33.4 Å². The van der Waals surface area contributed by atoms with Crippen LogP contribution in [0.4, 0.5) is 4.79 Å². The highest BCUT2D eigenvalue weighted by molar-refractivity contribution is 14.1. The van der Waals surface area contributed by atoms with Crippen molar-refractivity contribution in [1.82, 2.24) is 10.2 Å². The van der Waals surface area contributed by atoms with Crippen LogP contribution in [-0.4, -0.2) is 35.1 Å². The van der Waals surface area contributed by atoms with Crippen LogP contribution in [0.2, 0.25) is 0 Å². The Labute approximate surface area is 157 Å². The summed E-state index contributed by atoms with van der Waals surface area (Å²) < 4.78 is 6.43. The molecule has 1 atom stereocenters. The van der Waals surface area contributed by atoms with E-state index in [0.29, 0.717) is 13.0 Å². The number of hydrogen-bond donors (Lipinski definition) is 1. The van der Waals surface area contributed by atoms with E-state index in [4.69, 9.17) is 4.74 Å². The number of rotatable bonds is 3. The lowest BCUT2D eigenvalue weighted by Crippen LogP contribution is -2.48. The molecule has 2 rings (SSSR count). The van der Waals surface area contributed by atoms with Crippen molar-refractivity contribution in [1.29, 1.82) is 0 Å². The van der Waals surface area contributed by atoms with Gasteiger partial charge in [-0.15, -0.1) is 0 Å². The van der Waals surface area contributed by atoms with E-state index in [1.54, 1.807) is 0 Å². The molecule has 1 N–H and O–H groups in total. The first kappa shape index (κ1) is 19.0. The summed E-state index contributed by atoms with van der Waals surface area (Å²) in [7, 11) is 0. The van der Waals surface area contributed by atoms with Gasteiger partial charge in [0.2, 0.25) is 5.91 Å². The average molecular weight is 444 g/mol. The third-order valence-electron chi connectivity index (χ3n) is 3.73. The highest BCUT2D eigenvalue weighted by Crippen LogP contribution is 2.17. The Hall–Kier alpha value is -1.31. The van der Waals surface area contributed by atoms with Gasteiger partial charge in [0.05, 0.1) is 0 Å². The van der Waals surface area contributed by atoms with Gasteiger partial charge in [0.25, 0.3) is 0 Å². The largest absolute Gasteiger partial charge is 0.444 e. The number of nitrogens with zero attached hydrogens (tertiary/aromatic N) is 1. The lowest BCUT2D eigenvalue weighted by Gasteiger charge is -2.26. The predicted molar refractivity (Wildman–Crippen MR) is 102 cm³/mol. The normalized spacial score (nSPS) is 18.9. The molecule has 2 amide bonds. The van der Waals surface area contributed by atoms with E-state index >= 15 is 0 Å². The van der Waals surface area contributed by atoms with Gasteiger partial charge in [-0.1, -0.05) is 12.1 Å². The van der Waals surface area contributed by atoms with Crippen LogP contribution < -0.4 is 5.32 Å². The molecular formula is C18H25IN2O3. The Morgan fingerprint density at radius 2 is 2.12 bits per heavy atom. The molecule has 1 heterocycles. The van der Waals surface area contributed by atoms with Gasteiger partial charge in [0.15, 0.2) is 0 Å². The molecule has 0 bridgehead atoms. The van der Waals surface area contributed by atoms with E-state index in [-0.39, 0.29) is 5.91 Å². The molecule has 1 aromatic carbocycles. The number of hydrogen-bond acceptors (Lipinski definition) is 3. The molecule has 0 saturated carbocycles. The quantitative estimate of drug-likeness (QED) is 0.724. The highest BCUT2D eigenvalue weighted by atomic mass is 127. The third kappa shape index (κ3) is 5.96. The van der Waals surface area contributed by atoms with Crippen LogP contribution in [0.25, 0.3) is 0 Å². The van der Waals surface area contributed by atoms with Crippen molar-refractivity contribution in [3.63, 3.8) is 0 Å². The molecule has 1 aromatic rings. The van der Waals surface area contributed by atoms with Crippen molar-refractivity contribution in [2.45, 2.75) is 58.2 Å². The van der Waals surface area contributed by atoms with Gasteiger partial charge in [0.1, 0.15) is 11.6 Å². The van der Waals surface area contributed by atoms with Crippen LogP contribution in [0.3, 0.4) is 0 Å². The minimum Gasteiger partial charge on any atom is -0.444 e. The van der Waals surface area contributed by atoms with Gasteiger partial charge in [0, 0.05) is 16.7 Å². The van der Waals surface area contributed by atoms with E-state index < -0.39 is 17.7 Å². The molecule has 0 radical (unpaired) electrons. The van der Waals surface area contributed by atoms with Crippen LogP contribution in [0.1, 0.15) is 45.6 Å². The molecule has 1 fully saturated rings. The molecule has 0 aliphatic carbocycles. The zero-order chi connectivity index (χ0) is 17.7. The van der Waals surface area contributed by atoms with Crippen molar-refractivity contribution < 1.29 is 14.3 Å². The average Bonchev–Trinajstić information content (AvgIpc) is 2.61. The molecule has 5 nitrogen and oxygen atoms in total. The number of ether oxygens (including phenoxy) is 1. The second kappa shape index (κ2) is 8.18. The summed E-state index contributed by atoms with van der Waals surface area (Å²) in [4.78, 5) is 26.6. The molecule has 0 spiro atoms. The van der Waals surface area contributed by atoms with Gasteiger partial charge >= 0.3 is 6.09 Å². The summed E-state index contributed by atoms with van der Waals surface area (Å²) in [6.45, 7) is 6.72. The standard InChI is InChI=1S/C18H25IN2O3/c1-18(2,3)24-17(23)20-15-9-4-5-10-21(16(15)22)12-13-7-6-8-14(19)11-13/h6-8,11,15H,4-5,9-10,12H2,1-3H3,(H,20,23)/t15-/m0/s1. The van der Waals surface area contributed by atoms with Gasteiger partial charge in [-0.2, -0.15) is 0 Å². The first-order valence-electron chi connectivity index (χ1n) is 8.27. The number of halogens is 1. The summed E-state index contributed by atoms with van der Waals surface area (Å²) in [6, 6.07) is 7.62. The molecule has 1 saturated heterocycles. The Bertz CT molecular complexity index is 598. The van der Waals surface area contributed by atoms with Crippen LogP contribution in [0, 0.1) is 3.57 Å². The van der Waals surface area contributed by atoms with Crippen molar-refractivity contribution in [2.24, 2.45) is 0 Å². The third-order valence-corrected chi connectivity index (χ3v) is 4.41. The second-order valence-corrected chi connectivity index (χ2v) is 8.33. The highest BCUT2D eigenvalue weighted by Gasteiger charge is 2.29. The summed E-state index contributed by atoms with van der Waals surface area (Å²) in [6.07, 6.45) is 1.98. The molecule has 1 aliphatic rings. The van der Waals surface area contributed by atoms with Crippen LogP contribution in [0.15, 0.2) is 24.3 Å². The Morgan fingerprint density at radius 3 is 2.79 bits per heavy atom. The molecular weight excluding hydrogens is 419 g/mol. The van der Waals surface area contributed by atoms with Crippen LogP contribution >= 0.6 is 22.6 Å². The Balaban J connectivity index is 2.03. The fourth-order valence-electron chi connectivity index (χ4n) is 2.70. The summed E-state index contributed by atoms with van der Waals surface area (Å²) in [5.74, 6) is -0.0304. The summed E-state index contributed by atoms with van der Waals surface area (Å²) in [5, 5.41) is 2.74. The minimum atomic E-state index is -0.571. The Kier molecular flexibility index (Phi) is 6.48. The van der Waals surface area contributed by atoms with E-state index in [0.717, 1.165) is 28.5 Å². The predicted octanol–water partition coefficient (Wildman–Crippen LogP) is 3.70. The zero-order valence-corrected chi connectivity index (χ0v) is 16.6.